The Balaban J connectivity index is 1.81. The van der Waals surface area contributed by atoms with Crippen molar-refractivity contribution in [3.63, 3.8) is 0 Å². The summed E-state index contributed by atoms with van der Waals surface area (Å²) in [6.45, 7) is 0. The molecule has 0 bridgehead atoms. The Hall–Kier alpha value is -2.41. The molecule has 0 saturated carbocycles. The molecule has 0 fully saturated rings. The topological polar surface area (TPSA) is 35.8 Å². The van der Waals surface area contributed by atoms with Crippen molar-refractivity contribution in [2.24, 2.45) is 0 Å². The predicted molar refractivity (Wildman–Crippen MR) is 72.3 cm³/mol. The number of rotatable bonds is 2. The summed E-state index contributed by atoms with van der Waals surface area (Å²) in [6, 6.07) is 12.4. The van der Waals surface area contributed by atoms with Gasteiger partial charge in [0, 0.05) is 6.04 Å². The molecule has 2 nitrogen and oxygen atoms in total. The van der Waals surface area contributed by atoms with Crippen LogP contribution in [-0.4, -0.2) is 6.04 Å². The molecule has 0 radical (unpaired) electrons. The van der Waals surface area contributed by atoms with Crippen LogP contribution in [0.25, 0.3) is 0 Å². The lowest BCUT2D eigenvalue weighted by Gasteiger charge is -2.14. The Labute approximate surface area is 115 Å². The molecule has 0 amide bonds. The molecule has 1 aliphatic carbocycles. The smallest absolute Gasteiger partial charge is 0.183 e. The van der Waals surface area contributed by atoms with Crippen LogP contribution in [-0.2, 0) is 12.8 Å². The van der Waals surface area contributed by atoms with E-state index in [1.54, 1.807) is 6.07 Å². The Morgan fingerprint density at radius 1 is 1.00 bits per heavy atom. The van der Waals surface area contributed by atoms with Gasteiger partial charge in [-0.1, -0.05) is 24.3 Å². The second-order valence-electron chi connectivity index (χ2n) is 4.92. The molecule has 4 heteroatoms. The predicted octanol–water partition coefficient (Wildman–Crippen LogP) is 3.42. The first kappa shape index (κ1) is 12.6. The number of halogens is 2. The number of nitrogens with zero attached hydrogens (tertiary/aromatic N) is 1. The minimum atomic E-state index is -1.09. The molecule has 2 aromatic carbocycles. The number of hydrogen-bond donors (Lipinski definition) is 1. The molecular weight excluding hydrogens is 258 g/mol. The van der Waals surface area contributed by atoms with Gasteiger partial charge in [-0.15, -0.1) is 0 Å². The van der Waals surface area contributed by atoms with Crippen molar-refractivity contribution in [2.45, 2.75) is 18.9 Å². The van der Waals surface area contributed by atoms with E-state index in [4.69, 9.17) is 5.26 Å². The van der Waals surface area contributed by atoms with Crippen LogP contribution >= 0.6 is 0 Å². The van der Waals surface area contributed by atoms with Crippen LogP contribution in [0.4, 0.5) is 14.5 Å². The molecule has 2 aromatic rings. The van der Waals surface area contributed by atoms with Gasteiger partial charge in [-0.2, -0.15) is 5.26 Å². The van der Waals surface area contributed by atoms with Crippen molar-refractivity contribution >= 4 is 5.69 Å². The first-order chi connectivity index (χ1) is 9.69. The zero-order chi connectivity index (χ0) is 14.1. The SMILES string of the molecule is N#Cc1ccc(NC2Cc3ccccc3C2)c(F)c1F. The van der Waals surface area contributed by atoms with Crippen LogP contribution in [0, 0.1) is 23.0 Å². The maximum atomic E-state index is 13.8. The van der Waals surface area contributed by atoms with Gasteiger partial charge in [-0.05, 0) is 36.1 Å². The molecule has 3 rings (SSSR count). The van der Waals surface area contributed by atoms with E-state index in [-0.39, 0.29) is 17.3 Å². The largest absolute Gasteiger partial charge is 0.379 e. The second kappa shape index (κ2) is 4.93. The van der Waals surface area contributed by atoms with E-state index in [0.717, 1.165) is 12.8 Å². The summed E-state index contributed by atoms with van der Waals surface area (Å²) in [7, 11) is 0. The van der Waals surface area contributed by atoms with E-state index in [2.05, 4.69) is 5.32 Å². The third-order valence-corrected chi connectivity index (χ3v) is 3.61. The van der Waals surface area contributed by atoms with E-state index in [1.165, 1.54) is 23.3 Å². The highest BCUT2D eigenvalue weighted by atomic mass is 19.2. The van der Waals surface area contributed by atoms with Crippen LogP contribution in [0.15, 0.2) is 36.4 Å². The van der Waals surface area contributed by atoms with Crippen molar-refractivity contribution in [3.05, 3.63) is 64.7 Å². The molecule has 0 spiro atoms. The highest BCUT2D eigenvalue weighted by molar-refractivity contribution is 5.51. The van der Waals surface area contributed by atoms with E-state index in [0.29, 0.717) is 0 Å². The van der Waals surface area contributed by atoms with Crippen LogP contribution in [0.1, 0.15) is 16.7 Å². The van der Waals surface area contributed by atoms with Gasteiger partial charge in [-0.3, -0.25) is 0 Å². The van der Waals surface area contributed by atoms with Crippen LogP contribution in [0.3, 0.4) is 0 Å². The molecule has 20 heavy (non-hydrogen) atoms. The number of benzene rings is 2. The summed E-state index contributed by atoms with van der Waals surface area (Å²) in [5.74, 6) is -2.08. The summed E-state index contributed by atoms with van der Waals surface area (Å²) in [4.78, 5) is 0. The lowest BCUT2D eigenvalue weighted by atomic mass is 10.1. The molecular formula is C16H12F2N2. The van der Waals surface area contributed by atoms with Crippen molar-refractivity contribution < 1.29 is 8.78 Å². The van der Waals surface area contributed by atoms with Gasteiger partial charge < -0.3 is 5.32 Å². The molecule has 0 atom stereocenters. The standard InChI is InChI=1S/C16H12F2N2/c17-15-12(9-19)5-6-14(16(15)18)20-13-7-10-3-1-2-4-11(10)8-13/h1-6,13,20H,7-8H2. The van der Waals surface area contributed by atoms with Gasteiger partial charge in [0.15, 0.2) is 11.6 Å². The van der Waals surface area contributed by atoms with Crippen molar-refractivity contribution in [1.82, 2.24) is 0 Å². The highest BCUT2D eigenvalue weighted by Crippen LogP contribution is 2.27. The quantitative estimate of drug-likeness (QED) is 0.907. The minimum absolute atomic E-state index is 0.0502. The summed E-state index contributed by atoms with van der Waals surface area (Å²) in [5, 5.41) is 11.7. The average Bonchev–Trinajstić information content (AvgIpc) is 2.86. The molecule has 0 heterocycles. The van der Waals surface area contributed by atoms with Crippen LogP contribution in [0.2, 0.25) is 0 Å². The fourth-order valence-electron chi connectivity index (χ4n) is 2.63. The Bertz CT molecular complexity index is 679. The zero-order valence-corrected chi connectivity index (χ0v) is 10.7. The molecule has 0 saturated heterocycles. The van der Waals surface area contributed by atoms with E-state index < -0.39 is 11.6 Å². The molecule has 1 N–H and O–H groups in total. The Morgan fingerprint density at radius 2 is 1.65 bits per heavy atom. The van der Waals surface area contributed by atoms with Gasteiger partial charge in [-0.25, -0.2) is 8.78 Å². The summed E-state index contributed by atoms with van der Waals surface area (Å²) in [5.41, 5.74) is 2.31. The Morgan fingerprint density at radius 3 is 2.25 bits per heavy atom. The van der Waals surface area contributed by atoms with E-state index in [1.807, 2.05) is 24.3 Å². The monoisotopic (exact) mass is 270 g/mol. The van der Waals surface area contributed by atoms with Crippen molar-refractivity contribution in [3.8, 4) is 6.07 Å². The third-order valence-electron chi connectivity index (χ3n) is 3.61. The highest BCUT2D eigenvalue weighted by Gasteiger charge is 2.22. The normalized spacial score (nSPS) is 13.8. The van der Waals surface area contributed by atoms with Crippen LogP contribution in [0.5, 0.6) is 0 Å². The van der Waals surface area contributed by atoms with Crippen LogP contribution < -0.4 is 5.32 Å². The number of nitrogens with one attached hydrogen (secondary N) is 1. The zero-order valence-electron chi connectivity index (χ0n) is 10.7. The van der Waals surface area contributed by atoms with Crippen molar-refractivity contribution in [1.29, 1.82) is 5.26 Å². The Kier molecular flexibility index (Phi) is 3.11. The fourth-order valence-corrected chi connectivity index (χ4v) is 2.63. The second-order valence-corrected chi connectivity index (χ2v) is 4.92. The molecule has 0 unspecified atom stereocenters. The average molecular weight is 270 g/mol. The summed E-state index contributed by atoms with van der Waals surface area (Å²) in [6.07, 6.45) is 1.58. The molecule has 1 aliphatic rings. The van der Waals surface area contributed by atoms with Crippen molar-refractivity contribution in [2.75, 3.05) is 5.32 Å². The molecule has 100 valence electrons. The lowest BCUT2D eigenvalue weighted by Crippen LogP contribution is -2.20. The minimum Gasteiger partial charge on any atom is -0.379 e. The first-order valence-corrected chi connectivity index (χ1v) is 6.40. The van der Waals surface area contributed by atoms with E-state index >= 15 is 0 Å². The maximum Gasteiger partial charge on any atom is 0.183 e. The maximum absolute atomic E-state index is 13.8. The summed E-state index contributed by atoms with van der Waals surface area (Å²) < 4.78 is 27.4. The first-order valence-electron chi connectivity index (χ1n) is 6.40. The number of hydrogen-bond acceptors (Lipinski definition) is 2. The lowest BCUT2D eigenvalue weighted by molar-refractivity contribution is 0.507. The van der Waals surface area contributed by atoms with E-state index in [9.17, 15) is 8.78 Å². The van der Waals surface area contributed by atoms with Gasteiger partial charge in [0.2, 0.25) is 0 Å². The summed E-state index contributed by atoms with van der Waals surface area (Å²) >= 11 is 0. The fraction of sp³-hybridized carbons (Fsp3) is 0.188. The van der Waals surface area contributed by atoms with Gasteiger partial charge in [0.1, 0.15) is 6.07 Å². The molecule has 0 aliphatic heterocycles. The van der Waals surface area contributed by atoms with Gasteiger partial charge in [0.25, 0.3) is 0 Å². The number of anilines is 1. The molecule has 0 aromatic heterocycles. The number of fused-ring (bicyclic) bond motifs is 1. The van der Waals surface area contributed by atoms with Gasteiger partial charge in [0.05, 0.1) is 11.3 Å². The number of nitriles is 1. The van der Waals surface area contributed by atoms with Gasteiger partial charge >= 0.3 is 0 Å². The third kappa shape index (κ3) is 2.12.